The van der Waals surface area contributed by atoms with Crippen molar-refractivity contribution in [2.75, 3.05) is 49.2 Å². The maximum absolute atomic E-state index is 5.47. The van der Waals surface area contributed by atoms with Crippen LogP contribution in [0.25, 0.3) is 22.3 Å². The van der Waals surface area contributed by atoms with Gasteiger partial charge in [0.25, 0.3) is 0 Å². The molecule has 0 unspecified atom stereocenters. The molecular formula is C24H29N5O. The SMILES string of the molecule is CCC[C@@H]1CCN(c2nc(-c3ccc(N4CCOCC4)cc3)cc3nccnc23)C1. The third-order valence-electron chi connectivity index (χ3n) is 6.26. The van der Waals surface area contributed by atoms with Gasteiger partial charge in [-0.15, -0.1) is 0 Å². The van der Waals surface area contributed by atoms with Crippen molar-refractivity contribution in [2.45, 2.75) is 26.2 Å². The number of hydrogen-bond acceptors (Lipinski definition) is 6. The summed E-state index contributed by atoms with van der Waals surface area (Å²) in [6.45, 7) is 7.86. The molecule has 0 amide bonds. The predicted octanol–water partition coefficient (Wildman–Crippen LogP) is 4.15. The Morgan fingerprint density at radius 3 is 2.60 bits per heavy atom. The van der Waals surface area contributed by atoms with Gasteiger partial charge < -0.3 is 14.5 Å². The van der Waals surface area contributed by atoms with E-state index >= 15 is 0 Å². The molecule has 2 aliphatic heterocycles. The summed E-state index contributed by atoms with van der Waals surface area (Å²) in [4.78, 5) is 19.1. The van der Waals surface area contributed by atoms with Gasteiger partial charge in [-0.1, -0.05) is 25.5 Å². The van der Waals surface area contributed by atoms with E-state index in [4.69, 9.17) is 9.72 Å². The molecule has 0 bridgehead atoms. The Balaban J connectivity index is 1.47. The first-order valence-electron chi connectivity index (χ1n) is 11.1. The molecule has 5 rings (SSSR count). The molecule has 2 aromatic heterocycles. The van der Waals surface area contributed by atoms with Crippen LogP contribution in [0, 0.1) is 5.92 Å². The van der Waals surface area contributed by atoms with Crippen molar-refractivity contribution in [3.05, 3.63) is 42.7 Å². The van der Waals surface area contributed by atoms with Crippen LogP contribution in [-0.2, 0) is 4.74 Å². The van der Waals surface area contributed by atoms with Gasteiger partial charge in [-0.2, -0.15) is 0 Å². The van der Waals surface area contributed by atoms with E-state index in [2.05, 4.69) is 57.0 Å². The van der Waals surface area contributed by atoms with Crippen LogP contribution >= 0.6 is 0 Å². The molecule has 4 heterocycles. The van der Waals surface area contributed by atoms with Gasteiger partial charge in [0, 0.05) is 49.8 Å². The summed E-state index contributed by atoms with van der Waals surface area (Å²) < 4.78 is 5.47. The summed E-state index contributed by atoms with van der Waals surface area (Å²) in [6, 6.07) is 10.8. The van der Waals surface area contributed by atoms with Crippen molar-refractivity contribution in [2.24, 2.45) is 5.92 Å². The highest BCUT2D eigenvalue weighted by Gasteiger charge is 2.25. The highest BCUT2D eigenvalue weighted by Crippen LogP contribution is 2.32. The number of benzene rings is 1. The molecule has 1 atom stereocenters. The van der Waals surface area contributed by atoms with Crippen LogP contribution in [0.3, 0.4) is 0 Å². The monoisotopic (exact) mass is 403 g/mol. The van der Waals surface area contributed by atoms with E-state index in [1.54, 1.807) is 12.4 Å². The minimum absolute atomic E-state index is 0.750. The summed E-state index contributed by atoms with van der Waals surface area (Å²) in [6.07, 6.45) is 7.28. The first kappa shape index (κ1) is 19.2. The van der Waals surface area contributed by atoms with Gasteiger partial charge in [0.2, 0.25) is 0 Å². The zero-order valence-electron chi connectivity index (χ0n) is 17.6. The van der Waals surface area contributed by atoms with E-state index in [0.29, 0.717) is 0 Å². The standard InChI is InChI=1S/C24H29N5O/c1-2-3-18-8-11-29(17-18)24-23-22(25-9-10-26-23)16-21(27-24)19-4-6-20(7-5-19)28-12-14-30-15-13-28/h4-7,9-10,16,18H,2-3,8,11-15,17H2,1H3/t18-/m1/s1. The van der Waals surface area contributed by atoms with Gasteiger partial charge in [-0.05, 0) is 37.0 Å². The summed E-state index contributed by atoms with van der Waals surface area (Å²) in [5.41, 5.74) is 5.14. The Kier molecular flexibility index (Phi) is 5.49. The third kappa shape index (κ3) is 3.84. The van der Waals surface area contributed by atoms with Crippen LogP contribution in [0.2, 0.25) is 0 Å². The van der Waals surface area contributed by atoms with Gasteiger partial charge in [0.15, 0.2) is 5.82 Å². The molecule has 0 saturated carbocycles. The minimum Gasteiger partial charge on any atom is -0.378 e. The van der Waals surface area contributed by atoms with Gasteiger partial charge in [-0.25, -0.2) is 9.97 Å². The maximum Gasteiger partial charge on any atom is 0.157 e. The lowest BCUT2D eigenvalue weighted by Gasteiger charge is -2.29. The van der Waals surface area contributed by atoms with E-state index in [0.717, 1.165) is 73.4 Å². The molecule has 2 fully saturated rings. The van der Waals surface area contributed by atoms with Gasteiger partial charge >= 0.3 is 0 Å². The second-order valence-electron chi connectivity index (χ2n) is 8.29. The van der Waals surface area contributed by atoms with Crippen molar-refractivity contribution >= 4 is 22.5 Å². The highest BCUT2D eigenvalue weighted by molar-refractivity contribution is 5.89. The second kappa shape index (κ2) is 8.56. The van der Waals surface area contributed by atoms with Gasteiger partial charge in [0.1, 0.15) is 5.52 Å². The molecule has 0 N–H and O–H groups in total. The molecule has 156 valence electrons. The van der Waals surface area contributed by atoms with E-state index in [9.17, 15) is 0 Å². The Hall–Kier alpha value is -2.73. The molecule has 3 aromatic rings. The summed E-state index contributed by atoms with van der Waals surface area (Å²) >= 11 is 0. The van der Waals surface area contributed by atoms with Crippen molar-refractivity contribution < 1.29 is 4.74 Å². The topological polar surface area (TPSA) is 54.4 Å². The number of nitrogens with zero attached hydrogens (tertiary/aromatic N) is 5. The van der Waals surface area contributed by atoms with Crippen LogP contribution in [0.4, 0.5) is 11.5 Å². The average Bonchev–Trinajstić information content (AvgIpc) is 3.28. The fraction of sp³-hybridized carbons (Fsp3) is 0.458. The molecule has 2 aliphatic rings. The van der Waals surface area contributed by atoms with Crippen LogP contribution in [0.5, 0.6) is 0 Å². The van der Waals surface area contributed by atoms with E-state index in [-0.39, 0.29) is 0 Å². The molecule has 1 aromatic carbocycles. The van der Waals surface area contributed by atoms with E-state index < -0.39 is 0 Å². The number of morpholine rings is 1. The molecule has 2 saturated heterocycles. The summed E-state index contributed by atoms with van der Waals surface area (Å²) in [7, 11) is 0. The number of anilines is 2. The number of hydrogen-bond donors (Lipinski definition) is 0. The van der Waals surface area contributed by atoms with Gasteiger partial charge in [0.05, 0.1) is 24.4 Å². The first-order chi connectivity index (χ1) is 14.8. The molecule has 0 aliphatic carbocycles. The largest absolute Gasteiger partial charge is 0.378 e. The van der Waals surface area contributed by atoms with Crippen molar-refractivity contribution in [1.29, 1.82) is 0 Å². The van der Waals surface area contributed by atoms with Crippen LogP contribution in [0.15, 0.2) is 42.7 Å². The lowest BCUT2D eigenvalue weighted by atomic mass is 10.0. The number of pyridine rings is 1. The highest BCUT2D eigenvalue weighted by atomic mass is 16.5. The predicted molar refractivity (Wildman–Crippen MR) is 121 cm³/mol. The van der Waals surface area contributed by atoms with Crippen molar-refractivity contribution in [3.63, 3.8) is 0 Å². The Labute approximate surface area is 177 Å². The third-order valence-corrected chi connectivity index (χ3v) is 6.26. The van der Waals surface area contributed by atoms with Crippen molar-refractivity contribution in [3.8, 4) is 11.3 Å². The fourth-order valence-electron chi connectivity index (χ4n) is 4.66. The van der Waals surface area contributed by atoms with Crippen LogP contribution in [-0.4, -0.2) is 54.3 Å². The van der Waals surface area contributed by atoms with Crippen LogP contribution < -0.4 is 9.80 Å². The molecule has 6 heteroatoms. The lowest BCUT2D eigenvalue weighted by molar-refractivity contribution is 0.122. The second-order valence-corrected chi connectivity index (χ2v) is 8.29. The Bertz CT molecular complexity index is 1000. The van der Waals surface area contributed by atoms with E-state index in [1.807, 2.05) is 0 Å². The van der Waals surface area contributed by atoms with Crippen LogP contribution in [0.1, 0.15) is 26.2 Å². The quantitative estimate of drug-likeness (QED) is 0.638. The maximum atomic E-state index is 5.47. The number of aromatic nitrogens is 3. The zero-order valence-corrected chi connectivity index (χ0v) is 17.6. The molecule has 6 nitrogen and oxygen atoms in total. The molecular weight excluding hydrogens is 374 g/mol. The summed E-state index contributed by atoms with van der Waals surface area (Å²) in [5.74, 6) is 1.73. The Morgan fingerprint density at radius 1 is 1.00 bits per heavy atom. The number of fused-ring (bicyclic) bond motifs is 1. The lowest BCUT2D eigenvalue weighted by Crippen LogP contribution is -2.36. The molecule has 30 heavy (non-hydrogen) atoms. The first-order valence-corrected chi connectivity index (χ1v) is 11.1. The smallest absolute Gasteiger partial charge is 0.157 e. The normalized spacial score (nSPS) is 19.6. The minimum atomic E-state index is 0.750. The zero-order chi connectivity index (χ0) is 20.3. The number of ether oxygens (including phenoxy) is 1. The molecule has 0 spiro atoms. The number of rotatable bonds is 5. The fourth-order valence-corrected chi connectivity index (χ4v) is 4.66. The summed E-state index contributed by atoms with van der Waals surface area (Å²) in [5, 5.41) is 0. The molecule has 0 radical (unpaired) electrons. The van der Waals surface area contributed by atoms with Gasteiger partial charge in [-0.3, -0.25) is 4.98 Å². The van der Waals surface area contributed by atoms with Crippen molar-refractivity contribution in [1.82, 2.24) is 15.0 Å². The average molecular weight is 404 g/mol. The van der Waals surface area contributed by atoms with E-state index in [1.165, 1.54) is 24.9 Å². The Morgan fingerprint density at radius 2 is 1.80 bits per heavy atom.